The average Bonchev–Trinajstić information content (AvgIpc) is 2.94. The molecule has 2 rings (SSSR count). The number of ether oxygens (including phenoxy) is 1. The zero-order valence-electron chi connectivity index (χ0n) is 12.6. The Bertz CT molecular complexity index is 386. The second-order valence-electron chi connectivity index (χ2n) is 6.68. The lowest BCUT2D eigenvalue weighted by atomic mass is 10.1. The standard InChI is InChI=1S/C14H25N3O3/c1-14(2,3)20-13(19)17-9-10(15)8-11(17)12(18)16-6-4-5-7-16/h10-11H,4-9,15H2,1-3H3/t10-,11-/m0/s1. The molecular formula is C14H25N3O3. The lowest BCUT2D eigenvalue weighted by molar-refractivity contribution is -0.134. The molecule has 2 amide bonds. The minimum Gasteiger partial charge on any atom is -0.444 e. The van der Waals surface area contributed by atoms with Crippen molar-refractivity contribution in [2.45, 2.75) is 57.7 Å². The van der Waals surface area contributed by atoms with Crippen molar-refractivity contribution in [3.63, 3.8) is 0 Å². The Hall–Kier alpha value is -1.30. The third kappa shape index (κ3) is 3.42. The van der Waals surface area contributed by atoms with Crippen LogP contribution in [0.2, 0.25) is 0 Å². The fraction of sp³-hybridized carbons (Fsp3) is 0.857. The van der Waals surface area contributed by atoms with E-state index in [9.17, 15) is 9.59 Å². The van der Waals surface area contributed by atoms with E-state index in [0.717, 1.165) is 25.9 Å². The summed E-state index contributed by atoms with van der Waals surface area (Å²) >= 11 is 0. The SMILES string of the molecule is CC(C)(C)OC(=O)N1C[C@@H](N)C[C@H]1C(=O)N1CCCC1. The van der Waals surface area contributed by atoms with Crippen molar-refractivity contribution < 1.29 is 14.3 Å². The molecule has 2 atom stereocenters. The molecule has 2 aliphatic rings. The summed E-state index contributed by atoms with van der Waals surface area (Å²) in [6.07, 6.45) is 2.16. The van der Waals surface area contributed by atoms with E-state index >= 15 is 0 Å². The molecule has 0 spiro atoms. The van der Waals surface area contributed by atoms with Crippen LogP contribution in [0.1, 0.15) is 40.0 Å². The van der Waals surface area contributed by atoms with E-state index in [4.69, 9.17) is 10.5 Å². The minimum atomic E-state index is -0.564. The van der Waals surface area contributed by atoms with Gasteiger partial charge in [-0.3, -0.25) is 9.69 Å². The molecule has 2 fully saturated rings. The summed E-state index contributed by atoms with van der Waals surface area (Å²) in [5.41, 5.74) is 5.37. The zero-order chi connectivity index (χ0) is 14.9. The molecule has 2 aliphatic heterocycles. The summed E-state index contributed by atoms with van der Waals surface area (Å²) in [5.74, 6) is 0.0151. The van der Waals surface area contributed by atoms with E-state index < -0.39 is 17.7 Å². The molecule has 20 heavy (non-hydrogen) atoms. The van der Waals surface area contributed by atoms with Gasteiger partial charge in [0, 0.05) is 25.7 Å². The summed E-state index contributed by atoms with van der Waals surface area (Å²) in [6.45, 7) is 7.41. The van der Waals surface area contributed by atoms with Gasteiger partial charge in [0.2, 0.25) is 5.91 Å². The topological polar surface area (TPSA) is 75.9 Å². The van der Waals surface area contributed by atoms with Crippen LogP contribution in [0.15, 0.2) is 0 Å². The fourth-order valence-corrected chi connectivity index (χ4v) is 2.77. The van der Waals surface area contributed by atoms with Crippen molar-refractivity contribution in [1.29, 1.82) is 0 Å². The highest BCUT2D eigenvalue weighted by Crippen LogP contribution is 2.23. The van der Waals surface area contributed by atoms with Crippen LogP contribution in [0, 0.1) is 0 Å². The zero-order valence-corrected chi connectivity index (χ0v) is 12.6. The second kappa shape index (κ2) is 5.60. The highest BCUT2D eigenvalue weighted by molar-refractivity contribution is 5.86. The molecular weight excluding hydrogens is 258 g/mol. The van der Waals surface area contributed by atoms with Crippen LogP contribution in [-0.4, -0.2) is 59.1 Å². The first kappa shape index (κ1) is 15.1. The van der Waals surface area contributed by atoms with Crippen molar-refractivity contribution in [2.24, 2.45) is 5.73 Å². The van der Waals surface area contributed by atoms with Crippen LogP contribution < -0.4 is 5.73 Å². The molecule has 6 heteroatoms. The van der Waals surface area contributed by atoms with Crippen molar-refractivity contribution in [2.75, 3.05) is 19.6 Å². The molecule has 0 radical (unpaired) electrons. The Labute approximate surface area is 120 Å². The molecule has 0 saturated carbocycles. The number of nitrogens with zero attached hydrogens (tertiary/aromatic N) is 2. The maximum Gasteiger partial charge on any atom is 0.411 e. The lowest BCUT2D eigenvalue weighted by Crippen LogP contribution is -2.48. The monoisotopic (exact) mass is 283 g/mol. The summed E-state index contributed by atoms with van der Waals surface area (Å²) in [6, 6.07) is -0.614. The smallest absolute Gasteiger partial charge is 0.411 e. The van der Waals surface area contributed by atoms with Crippen molar-refractivity contribution in [3.05, 3.63) is 0 Å². The summed E-state index contributed by atoms with van der Waals surface area (Å²) < 4.78 is 5.37. The molecule has 0 unspecified atom stereocenters. The largest absolute Gasteiger partial charge is 0.444 e. The number of nitrogens with two attached hydrogens (primary N) is 1. The van der Waals surface area contributed by atoms with E-state index in [2.05, 4.69) is 0 Å². The average molecular weight is 283 g/mol. The normalized spacial score (nSPS) is 27.0. The maximum atomic E-state index is 12.5. The molecule has 0 aromatic carbocycles. The Morgan fingerprint density at radius 3 is 2.35 bits per heavy atom. The predicted octanol–water partition coefficient (Wildman–Crippen LogP) is 0.945. The third-order valence-electron chi connectivity index (χ3n) is 3.66. The van der Waals surface area contributed by atoms with Gasteiger partial charge in [-0.05, 0) is 40.0 Å². The van der Waals surface area contributed by atoms with Crippen LogP contribution in [-0.2, 0) is 9.53 Å². The molecule has 0 bridgehead atoms. The predicted molar refractivity (Wildman–Crippen MR) is 75.1 cm³/mol. The highest BCUT2D eigenvalue weighted by atomic mass is 16.6. The van der Waals surface area contributed by atoms with Gasteiger partial charge in [-0.15, -0.1) is 0 Å². The van der Waals surface area contributed by atoms with Gasteiger partial charge in [-0.1, -0.05) is 0 Å². The second-order valence-corrected chi connectivity index (χ2v) is 6.68. The van der Waals surface area contributed by atoms with Gasteiger partial charge >= 0.3 is 6.09 Å². The maximum absolute atomic E-state index is 12.5. The van der Waals surface area contributed by atoms with E-state index in [1.54, 1.807) is 0 Å². The number of carbonyl (C=O) groups is 2. The van der Waals surface area contributed by atoms with Gasteiger partial charge in [0.25, 0.3) is 0 Å². The molecule has 2 heterocycles. The molecule has 114 valence electrons. The van der Waals surface area contributed by atoms with Gasteiger partial charge in [0.15, 0.2) is 0 Å². The number of hydrogen-bond acceptors (Lipinski definition) is 4. The number of carbonyl (C=O) groups excluding carboxylic acids is 2. The molecule has 0 aromatic rings. The van der Waals surface area contributed by atoms with E-state index in [-0.39, 0.29) is 11.9 Å². The lowest BCUT2D eigenvalue weighted by Gasteiger charge is -2.29. The number of amides is 2. The van der Waals surface area contributed by atoms with Gasteiger partial charge in [-0.25, -0.2) is 4.79 Å². The Morgan fingerprint density at radius 1 is 1.20 bits per heavy atom. The molecule has 2 saturated heterocycles. The van der Waals surface area contributed by atoms with Crippen LogP contribution in [0.25, 0.3) is 0 Å². The van der Waals surface area contributed by atoms with Gasteiger partial charge < -0.3 is 15.4 Å². The van der Waals surface area contributed by atoms with Crippen molar-refractivity contribution in [3.8, 4) is 0 Å². The first-order chi connectivity index (χ1) is 9.28. The molecule has 0 aliphatic carbocycles. The Kier molecular flexibility index (Phi) is 4.22. The number of likely N-dealkylation sites (tertiary alicyclic amines) is 2. The van der Waals surface area contributed by atoms with Gasteiger partial charge in [-0.2, -0.15) is 0 Å². The van der Waals surface area contributed by atoms with Crippen molar-refractivity contribution in [1.82, 2.24) is 9.80 Å². The minimum absolute atomic E-state index is 0.0151. The number of hydrogen-bond donors (Lipinski definition) is 1. The molecule has 6 nitrogen and oxygen atoms in total. The highest BCUT2D eigenvalue weighted by Gasteiger charge is 2.42. The Balaban J connectivity index is 2.06. The van der Waals surface area contributed by atoms with Crippen molar-refractivity contribution >= 4 is 12.0 Å². The van der Waals surface area contributed by atoms with Crippen LogP contribution >= 0.6 is 0 Å². The summed E-state index contributed by atoms with van der Waals surface area (Å²) in [7, 11) is 0. The van der Waals surface area contributed by atoms with E-state index in [1.807, 2.05) is 25.7 Å². The van der Waals surface area contributed by atoms with Gasteiger partial charge in [0.05, 0.1) is 0 Å². The van der Waals surface area contributed by atoms with Gasteiger partial charge in [0.1, 0.15) is 11.6 Å². The molecule has 0 aromatic heterocycles. The fourth-order valence-electron chi connectivity index (χ4n) is 2.77. The number of rotatable bonds is 1. The van der Waals surface area contributed by atoms with Crippen LogP contribution in [0.3, 0.4) is 0 Å². The summed E-state index contributed by atoms with van der Waals surface area (Å²) in [4.78, 5) is 28.0. The quantitative estimate of drug-likeness (QED) is 0.777. The van der Waals surface area contributed by atoms with E-state index in [1.165, 1.54) is 4.90 Å². The Morgan fingerprint density at radius 2 is 1.80 bits per heavy atom. The van der Waals surface area contributed by atoms with E-state index in [0.29, 0.717) is 13.0 Å². The molecule has 2 N–H and O–H groups in total. The van der Waals surface area contributed by atoms with Crippen LogP contribution in [0.5, 0.6) is 0 Å². The van der Waals surface area contributed by atoms with Crippen LogP contribution in [0.4, 0.5) is 4.79 Å². The first-order valence-corrected chi connectivity index (χ1v) is 7.32. The first-order valence-electron chi connectivity index (χ1n) is 7.32. The summed E-state index contributed by atoms with van der Waals surface area (Å²) in [5, 5.41) is 0. The third-order valence-corrected chi connectivity index (χ3v) is 3.66.